The average molecular weight is 275 g/mol. The van der Waals surface area contributed by atoms with Crippen LogP contribution in [0.15, 0.2) is 18.2 Å². The van der Waals surface area contributed by atoms with E-state index in [2.05, 4.69) is 5.48 Å². The zero-order valence-corrected chi connectivity index (χ0v) is 10.3. The number of amides is 1. The molecule has 0 radical (unpaired) electrons. The molecular weight excluding hydrogens is 264 g/mol. The summed E-state index contributed by atoms with van der Waals surface area (Å²) in [7, 11) is 1.48. The van der Waals surface area contributed by atoms with Crippen molar-refractivity contribution >= 4 is 23.2 Å². The lowest BCUT2D eigenvalue weighted by atomic mass is 10.2. The Labute approximate surface area is 108 Å². The van der Waals surface area contributed by atoms with Gasteiger partial charge in [-0.2, -0.15) is 0 Å². The number of hydrogen-bond acceptors (Lipinski definition) is 5. The van der Waals surface area contributed by atoms with Gasteiger partial charge in [0.1, 0.15) is 5.56 Å². The van der Waals surface area contributed by atoms with Crippen LogP contribution >= 0.6 is 11.6 Å². The quantitative estimate of drug-likeness (QED) is 0.483. The van der Waals surface area contributed by atoms with Crippen LogP contribution < -0.4 is 5.48 Å². The van der Waals surface area contributed by atoms with Crippen LogP contribution in [0.1, 0.15) is 10.4 Å². The summed E-state index contributed by atoms with van der Waals surface area (Å²) in [6.07, 6.45) is 0. The maximum absolute atomic E-state index is 11.6. The third kappa shape index (κ3) is 3.95. The maximum atomic E-state index is 11.6. The van der Waals surface area contributed by atoms with E-state index in [1.54, 1.807) is 0 Å². The highest BCUT2D eigenvalue weighted by molar-refractivity contribution is 6.31. The van der Waals surface area contributed by atoms with Crippen molar-refractivity contribution in [1.82, 2.24) is 5.48 Å². The molecule has 1 amide bonds. The summed E-state index contributed by atoms with van der Waals surface area (Å²) < 4.78 is 4.70. The van der Waals surface area contributed by atoms with Gasteiger partial charge in [0.05, 0.1) is 18.1 Å². The number of hydroxylamine groups is 1. The maximum Gasteiger partial charge on any atom is 0.282 e. The highest BCUT2D eigenvalue weighted by atomic mass is 35.5. The Balaban J connectivity index is 2.77. The first-order valence-electron chi connectivity index (χ1n) is 4.91. The lowest BCUT2D eigenvalue weighted by Crippen LogP contribution is -2.26. The third-order valence-corrected chi connectivity index (χ3v) is 2.19. The third-order valence-electron chi connectivity index (χ3n) is 1.95. The molecule has 1 aromatic rings. The number of hydrogen-bond donors (Lipinski definition) is 1. The predicted molar refractivity (Wildman–Crippen MR) is 63.4 cm³/mol. The highest BCUT2D eigenvalue weighted by Gasteiger charge is 2.20. The van der Waals surface area contributed by atoms with Crippen molar-refractivity contribution in [3.05, 3.63) is 38.9 Å². The number of benzene rings is 1. The molecule has 1 rings (SSSR count). The van der Waals surface area contributed by atoms with Gasteiger partial charge in [-0.05, 0) is 12.1 Å². The smallest absolute Gasteiger partial charge is 0.282 e. The minimum absolute atomic E-state index is 0.136. The van der Waals surface area contributed by atoms with Gasteiger partial charge in [-0.15, -0.1) is 0 Å². The fourth-order valence-corrected chi connectivity index (χ4v) is 1.32. The van der Waals surface area contributed by atoms with E-state index in [-0.39, 0.29) is 29.5 Å². The first kappa shape index (κ1) is 14.4. The van der Waals surface area contributed by atoms with Crippen molar-refractivity contribution in [2.75, 3.05) is 20.3 Å². The van der Waals surface area contributed by atoms with Crippen LogP contribution in [0, 0.1) is 10.1 Å². The average Bonchev–Trinajstić information content (AvgIpc) is 2.34. The van der Waals surface area contributed by atoms with E-state index in [0.29, 0.717) is 0 Å². The molecule has 0 aromatic heterocycles. The van der Waals surface area contributed by atoms with Gasteiger partial charge in [0.2, 0.25) is 0 Å². The standard InChI is InChI=1S/C10H11ClN2O5/c1-17-4-5-18-12-10(14)8-6-7(11)2-3-9(8)13(15)16/h2-3,6H,4-5H2,1H3,(H,12,14). The molecule has 0 aliphatic heterocycles. The van der Waals surface area contributed by atoms with Gasteiger partial charge in [0, 0.05) is 18.2 Å². The molecule has 0 aliphatic carbocycles. The minimum Gasteiger partial charge on any atom is -0.382 e. The van der Waals surface area contributed by atoms with E-state index in [4.69, 9.17) is 21.2 Å². The number of methoxy groups -OCH3 is 1. The fourth-order valence-electron chi connectivity index (χ4n) is 1.15. The summed E-state index contributed by atoms with van der Waals surface area (Å²) >= 11 is 5.69. The summed E-state index contributed by atoms with van der Waals surface area (Å²) in [4.78, 5) is 26.5. The largest absolute Gasteiger partial charge is 0.382 e. The van der Waals surface area contributed by atoms with Gasteiger partial charge < -0.3 is 4.74 Å². The number of halogens is 1. The molecule has 98 valence electrons. The first-order chi connectivity index (χ1) is 8.56. The lowest BCUT2D eigenvalue weighted by Gasteiger charge is -2.06. The molecule has 0 saturated heterocycles. The molecule has 0 saturated carbocycles. The van der Waals surface area contributed by atoms with Crippen LogP contribution in [0.5, 0.6) is 0 Å². The van der Waals surface area contributed by atoms with Gasteiger partial charge in [-0.1, -0.05) is 11.6 Å². The summed E-state index contributed by atoms with van der Waals surface area (Å²) in [6, 6.07) is 3.70. The molecule has 0 spiro atoms. The molecule has 0 aliphatic rings. The van der Waals surface area contributed by atoms with Crippen LogP contribution in [0.25, 0.3) is 0 Å². The number of nitro benzene ring substituents is 1. The molecule has 0 bridgehead atoms. The second-order valence-corrected chi connectivity index (χ2v) is 3.63. The minimum atomic E-state index is -0.736. The SMILES string of the molecule is COCCONC(=O)c1cc(Cl)ccc1[N+](=O)[O-]. The second-order valence-electron chi connectivity index (χ2n) is 3.19. The van der Waals surface area contributed by atoms with Crippen LogP contribution in [0.3, 0.4) is 0 Å². The van der Waals surface area contributed by atoms with Crippen molar-refractivity contribution in [2.24, 2.45) is 0 Å². The molecule has 1 aromatic carbocycles. The number of carbonyl (C=O) groups is 1. The summed E-state index contributed by atoms with van der Waals surface area (Å²) in [5.74, 6) is -0.736. The van der Waals surface area contributed by atoms with Gasteiger partial charge in [-0.25, -0.2) is 5.48 Å². The molecule has 0 fully saturated rings. The van der Waals surface area contributed by atoms with E-state index in [0.717, 1.165) is 6.07 Å². The van der Waals surface area contributed by atoms with Crippen molar-refractivity contribution in [3.63, 3.8) is 0 Å². The highest BCUT2D eigenvalue weighted by Crippen LogP contribution is 2.22. The normalized spacial score (nSPS) is 10.1. The van der Waals surface area contributed by atoms with E-state index in [1.165, 1.54) is 19.2 Å². The number of rotatable bonds is 6. The Kier molecular flexibility index (Phi) is 5.50. The lowest BCUT2D eigenvalue weighted by molar-refractivity contribution is -0.385. The van der Waals surface area contributed by atoms with Crippen molar-refractivity contribution in [1.29, 1.82) is 0 Å². The number of carbonyl (C=O) groups excluding carboxylic acids is 1. The summed E-state index contributed by atoms with van der Waals surface area (Å²) in [6.45, 7) is 0.425. The van der Waals surface area contributed by atoms with E-state index >= 15 is 0 Å². The Morgan fingerprint density at radius 2 is 2.22 bits per heavy atom. The summed E-state index contributed by atoms with van der Waals surface area (Å²) in [5.41, 5.74) is 1.57. The van der Waals surface area contributed by atoms with Crippen LogP contribution in [0.4, 0.5) is 5.69 Å². The topological polar surface area (TPSA) is 90.7 Å². The number of nitrogens with zero attached hydrogens (tertiary/aromatic N) is 1. The predicted octanol–water partition coefficient (Wildman–Crippen LogP) is 1.56. The first-order valence-corrected chi connectivity index (χ1v) is 5.29. The van der Waals surface area contributed by atoms with E-state index in [1.807, 2.05) is 0 Å². The van der Waals surface area contributed by atoms with E-state index in [9.17, 15) is 14.9 Å². The monoisotopic (exact) mass is 274 g/mol. The molecule has 7 nitrogen and oxygen atoms in total. The van der Waals surface area contributed by atoms with Crippen LogP contribution in [-0.4, -0.2) is 31.2 Å². The van der Waals surface area contributed by atoms with Crippen LogP contribution in [0.2, 0.25) is 5.02 Å². The molecular formula is C10H11ClN2O5. The Morgan fingerprint density at radius 3 is 2.83 bits per heavy atom. The van der Waals surface area contributed by atoms with Crippen molar-refractivity contribution in [3.8, 4) is 0 Å². The van der Waals surface area contributed by atoms with Gasteiger partial charge in [-0.3, -0.25) is 19.7 Å². The second kappa shape index (κ2) is 6.90. The van der Waals surface area contributed by atoms with Gasteiger partial charge >= 0.3 is 0 Å². The van der Waals surface area contributed by atoms with E-state index < -0.39 is 10.8 Å². The Bertz CT molecular complexity index is 452. The van der Waals surface area contributed by atoms with Gasteiger partial charge in [0.25, 0.3) is 11.6 Å². The molecule has 0 unspecified atom stereocenters. The number of nitrogens with one attached hydrogen (secondary N) is 1. The zero-order chi connectivity index (χ0) is 13.5. The zero-order valence-electron chi connectivity index (χ0n) is 9.51. The van der Waals surface area contributed by atoms with Crippen LogP contribution in [-0.2, 0) is 9.57 Å². The molecule has 18 heavy (non-hydrogen) atoms. The van der Waals surface area contributed by atoms with Crippen molar-refractivity contribution < 1.29 is 19.3 Å². The Hall–Kier alpha value is -1.70. The molecule has 1 N–H and O–H groups in total. The van der Waals surface area contributed by atoms with Gasteiger partial charge in [0.15, 0.2) is 0 Å². The van der Waals surface area contributed by atoms with Crippen molar-refractivity contribution in [2.45, 2.75) is 0 Å². The fraction of sp³-hybridized carbons (Fsp3) is 0.300. The molecule has 0 atom stereocenters. The number of ether oxygens (including phenoxy) is 1. The Morgan fingerprint density at radius 1 is 1.50 bits per heavy atom. The number of nitro groups is 1. The molecule has 8 heteroatoms. The molecule has 0 heterocycles. The summed E-state index contributed by atoms with van der Waals surface area (Å²) in [5, 5.41) is 11.0.